The van der Waals surface area contributed by atoms with Crippen LogP contribution < -0.4 is 15.4 Å². The van der Waals surface area contributed by atoms with Gasteiger partial charge in [-0.3, -0.25) is 9.69 Å². The van der Waals surface area contributed by atoms with Crippen molar-refractivity contribution in [2.24, 2.45) is 5.10 Å². The molecule has 1 aliphatic heterocycles. The van der Waals surface area contributed by atoms with E-state index in [4.69, 9.17) is 0 Å². The van der Waals surface area contributed by atoms with Crippen LogP contribution in [0.3, 0.4) is 0 Å². The van der Waals surface area contributed by atoms with Gasteiger partial charge >= 0.3 is 0 Å². The van der Waals surface area contributed by atoms with Crippen molar-refractivity contribution >= 4 is 12.1 Å². The van der Waals surface area contributed by atoms with E-state index in [0.717, 1.165) is 32.7 Å². The molecule has 3 rings (SSSR count). The summed E-state index contributed by atoms with van der Waals surface area (Å²) >= 11 is 0. The molecule has 142 valence electrons. The number of nitrogens with one attached hydrogen (secondary N) is 2. The van der Waals surface area contributed by atoms with Gasteiger partial charge in [0.25, 0.3) is 5.91 Å². The first-order valence-electron chi connectivity index (χ1n) is 9.29. The van der Waals surface area contributed by atoms with Crippen LogP contribution in [-0.2, 0) is 11.3 Å². The molecule has 27 heavy (non-hydrogen) atoms. The molecule has 0 aliphatic carbocycles. The molecule has 0 spiro atoms. The molecule has 1 amide bonds. The lowest BCUT2D eigenvalue weighted by Gasteiger charge is -2.31. The van der Waals surface area contributed by atoms with Crippen molar-refractivity contribution < 1.29 is 14.8 Å². The highest BCUT2D eigenvalue weighted by molar-refractivity contribution is 5.83. The minimum atomic E-state index is -0.105. The normalized spacial score (nSPS) is 15.9. The number of carbonyl (C=O) groups excluding carboxylic acids is 1. The minimum absolute atomic E-state index is 0.0711. The topological polar surface area (TPSA) is 72.2 Å². The smallest absolute Gasteiger partial charge is 0.295 e. The van der Waals surface area contributed by atoms with E-state index >= 15 is 0 Å². The van der Waals surface area contributed by atoms with E-state index < -0.39 is 0 Å². The molecule has 1 heterocycles. The van der Waals surface area contributed by atoms with Gasteiger partial charge in [-0.15, -0.1) is 5.75 Å². The molecule has 0 bridgehead atoms. The average molecular weight is 366 g/mol. The molecule has 2 N–H and O–H groups in total. The maximum atomic E-state index is 12.1. The molecule has 1 saturated heterocycles. The van der Waals surface area contributed by atoms with Gasteiger partial charge in [0, 0.05) is 19.6 Å². The van der Waals surface area contributed by atoms with Gasteiger partial charge in [0.1, 0.15) is 0 Å². The number of nitrogens with zero attached hydrogens (tertiary/aromatic N) is 2. The molecule has 0 radical (unpaired) electrons. The summed E-state index contributed by atoms with van der Waals surface area (Å²) in [5, 5.41) is 15.2. The summed E-state index contributed by atoms with van der Waals surface area (Å²) in [6, 6.07) is 15.1. The van der Waals surface area contributed by atoms with Crippen molar-refractivity contribution in [1.29, 1.82) is 0 Å². The third-order valence-electron chi connectivity index (χ3n) is 4.76. The van der Waals surface area contributed by atoms with Gasteiger partial charge in [-0.1, -0.05) is 54.1 Å². The quantitative estimate of drug-likeness (QED) is 0.555. The fourth-order valence-corrected chi connectivity index (χ4v) is 3.20. The number of hydrogen-bond donors (Lipinski definition) is 2. The van der Waals surface area contributed by atoms with Crippen molar-refractivity contribution in [2.75, 3.05) is 32.7 Å². The highest BCUT2D eigenvalue weighted by Crippen LogP contribution is 2.07. The highest BCUT2D eigenvalue weighted by atomic mass is 16.3. The Hall–Kier alpha value is -2.70. The second-order valence-electron chi connectivity index (χ2n) is 7.05. The molecule has 0 aromatic heterocycles. The molecular weight excluding hydrogens is 340 g/mol. The Morgan fingerprint density at radius 2 is 1.96 bits per heavy atom. The summed E-state index contributed by atoms with van der Waals surface area (Å²) < 4.78 is 0. The predicted octanol–water partition coefficient (Wildman–Crippen LogP) is -0.0806. The third kappa shape index (κ3) is 6.20. The zero-order valence-corrected chi connectivity index (χ0v) is 15.6. The maximum absolute atomic E-state index is 12.1. The number of aryl methyl sites for hydroxylation is 1. The Kier molecular flexibility index (Phi) is 6.57. The van der Waals surface area contributed by atoms with E-state index in [9.17, 15) is 9.90 Å². The van der Waals surface area contributed by atoms with Crippen LogP contribution in [-0.4, -0.2) is 49.7 Å². The zero-order chi connectivity index (χ0) is 19.1. The van der Waals surface area contributed by atoms with Crippen LogP contribution >= 0.6 is 0 Å². The first kappa shape index (κ1) is 19.1. The number of quaternary nitrogens is 1. The summed E-state index contributed by atoms with van der Waals surface area (Å²) in [7, 11) is 0. The van der Waals surface area contributed by atoms with Crippen molar-refractivity contribution in [3.8, 4) is 5.75 Å². The second kappa shape index (κ2) is 9.30. The number of amides is 1. The average Bonchev–Trinajstić information content (AvgIpc) is 2.65. The van der Waals surface area contributed by atoms with Crippen molar-refractivity contribution in [3.05, 3.63) is 65.2 Å². The highest BCUT2D eigenvalue weighted by Gasteiger charge is 2.21. The Bertz CT molecular complexity index is 781. The number of rotatable bonds is 6. The first-order valence-corrected chi connectivity index (χ1v) is 9.29. The molecule has 0 saturated carbocycles. The molecular formula is C21H26N4O2. The summed E-state index contributed by atoms with van der Waals surface area (Å²) in [6.45, 7) is 7.33. The molecule has 2 aromatic rings. The van der Waals surface area contributed by atoms with E-state index in [1.807, 2.05) is 0 Å². The molecule has 0 atom stereocenters. The number of hydrogen-bond acceptors (Lipinski definition) is 4. The van der Waals surface area contributed by atoms with Gasteiger partial charge in [-0.25, -0.2) is 5.43 Å². The number of hydrazone groups is 1. The Morgan fingerprint density at radius 3 is 2.67 bits per heavy atom. The van der Waals surface area contributed by atoms with Crippen LogP contribution in [0.25, 0.3) is 0 Å². The maximum Gasteiger partial charge on any atom is 0.295 e. The Labute approximate surface area is 160 Å². The lowest BCUT2D eigenvalue weighted by molar-refractivity contribution is -0.896. The van der Waals surface area contributed by atoms with Crippen LogP contribution in [0, 0.1) is 6.92 Å². The molecule has 6 heteroatoms. The molecule has 1 aliphatic rings. The zero-order valence-electron chi connectivity index (χ0n) is 15.6. The van der Waals surface area contributed by atoms with Gasteiger partial charge < -0.3 is 10.0 Å². The van der Waals surface area contributed by atoms with Crippen molar-refractivity contribution in [2.45, 2.75) is 13.5 Å². The SMILES string of the molecule is Cc1ccc(CN2CC[NH+](CC(=O)N/N=C/c3cccc([O-])c3)CC2)cc1. The molecule has 1 fully saturated rings. The van der Waals surface area contributed by atoms with E-state index in [-0.39, 0.29) is 11.7 Å². The third-order valence-corrected chi connectivity index (χ3v) is 4.76. The monoisotopic (exact) mass is 366 g/mol. The van der Waals surface area contributed by atoms with E-state index in [2.05, 4.69) is 46.6 Å². The van der Waals surface area contributed by atoms with E-state index in [1.54, 1.807) is 12.1 Å². The Morgan fingerprint density at radius 1 is 1.22 bits per heavy atom. The summed E-state index contributed by atoms with van der Waals surface area (Å²) in [6.07, 6.45) is 1.49. The second-order valence-corrected chi connectivity index (χ2v) is 7.05. The lowest BCUT2D eigenvalue weighted by atomic mass is 10.1. The van der Waals surface area contributed by atoms with Crippen LogP contribution in [0.1, 0.15) is 16.7 Å². The number of carbonyl (C=O) groups is 1. The first-order chi connectivity index (χ1) is 13.1. The predicted molar refractivity (Wildman–Crippen MR) is 104 cm³/mol. The molecule has 6 nitrogen and oxygen atoms in total. The van der Waals surface area contributed by atoms with Crippen LogP contribution in [0.4, 0.5) is 0 Å². The van der Waals surface area contributed by atoms with Gasteiger partial charge in [0.05, 0.1) is 19.3 Å². The lowest BCUT2D eigenvalue weighted by Crippen LogP contribution is -3.15. The largest absolute Gasteiger partial charge is 0.872 e. The van der Waals surface area contributed by atoms with Gasteiger partial charge in [0.15, 0.2) is 6.54 Å². The van der Waals surface area contributed by atoms with Crippen LogP contribution in [0.2, 0.25) is 0 Å². The fraction of sp³-hybridized carbons (Fsp3) is 0.333. The van der Waals surface area contributed by atoms with Gasteiger partial charge in [-0.05, 0) is 18.1 Å². The van der Waals surface area contributed by atoms with E-state index in [0.29, 0.717) is 12.1 Å². The molecule has 0 unspecified atom stereocenters. The minimum Gasteiger partial charge on any atom is -0.872 e. The van der Waals surface area contributed by atoms with E-state index in [1.165, 1.54) is 34.4 Å². The molecule has 2 aromatic carbocycles. The number of piperazine rings is 1. The van der Waals surface area contributed by atoms with Crippen molar-refractivity contribution in [3.63, 3.8) is 0 Å². The summed E-state index contributed by atoms with van der Waals surface area (Å²) in [4.78, 5) is 15.8. The van der Waals surface area contributed by atoms with Gasteiger partial charge in [0.2, 0.25) is 0 Å². The van der Waals surface area contributed by atoms with Gasteiger partial charge in [-0.2, -0.15) is 5.10 Å². The fourth-order valence-electron chi connectivity index (χ4n) is 3.20. The van der Waals surface area contributed by atoms with Crippen molar-refractivity contribution in [1.82, 2.24) is 10.3 Å². The Balaban J connectivity index is 1.38. The summed E-state index contributed by atoms with van der Waals surface area (Å²) in [5.74, 6) is -0.176. The standard InChI is InChI=1S/C21H26N4O2/c1-17-5-7-18(8-6-17)15-24-9-11-25(12-10-24)16-21(27)23-22-14-19-3-2-4-20(26)13-19/h2-8,13-14,26H,9-12,15-16H2,1H3,(H,23,27)/b22-14+. The summed E-state index contributed by atoms with van der Waals surface area (Å²) in [5.41, 5.74) is 5.84. The van der Waals surface area contributed by atoms with Crippen LogP contribution in [0.15, 0.2) is 53.6 Å². The van der Waals surface area contributed by atoms with Crippen LogP contribution in [0.5, 0.6) is 5.75 Å². The number of benzene rings is 2.